The summed E-state index contributed by atoms with van der Waals surface area (Å²) in [4.78, 5) is 35.5. The molecule has 1 rings (SSSR count). The van der Waals surface area contributed by atoms with Crippen LogP contribution < -0.4 is 21.7 Å². The number of nitrogens with one attached hydrogen (secondary N) is 4. The van der Waals surface area contributed by atoms with Crippen LogP contribution in [0.1, 0.15) is 6.92 Å². The van der Waals surface area contributed by atoms with Crippen molar-refractivity contribution in [2.24, 2.45) is 5.73 Å². The molecular weight excluding hydrogens is 590 g/mol. The van der Waals surface area contributed by atoms with Crippen LogP contribution in [0.15, 0.2) is 11.8 Å². The lowest BCUT2D eigenvalue weighted by Crippen LogP contribution is -2.64. The predicted octanol–water partition coefficient (Wildman–Crippen LogP) is -3.13. The van der Waals surface area contributed by atoms with E-state index in [1.165, 1.54) is 6.92 Å². The summed E-state index contributed by atoms with van der Waals surface area (Å²) >= 11 is 0. The van der Waals surface area contributed by atoms with Gasteiger partial charge in [-0.3, -0.25) is 10.2 Å². The minimum atomic E-state index is -1.59. The third-order valence-electron chi connectivity index (χ3n) is 5.57. The van der Waals surface area contributed by atoms with Gasteiger partial charge in [0.15, 0.2) is 12.1 Å². The van der Waals surface area contributed by atoms with Crippen LogP contribution in [0.2, 0.25) is 0 Å². The van der Waals surface area contributed by atoms with Crippen molar-refractivity contribution in [2.45, 2.75) is 37.3 Å². The van der Waals surface area contributed by atoms with Gasteiger partial charge in [-0.2, -0.15) is 0 Å². The number of amides is 2. The number of aliphatic hydroxyl groups excluding tert-OH is 2. The first-order valence-corrected chi connectivity index (χ1v) is 13.7. The minimum absolute atomic E-state index is 0.148. The van der Waals surface area contributed by atoms with Crippen molar-refractivity contribution in [2.75, 3.05) is 79.2 Å². The lowest BCUT2D eigenvalue weighted by molar-refractivity contribution is -0.155. The van der Waals surface area contributed by atoms with Crippen LogP contribution in [-0.2, 0) is 42.7 Å². The summed E-state index contributed by atoms with van der Waals surface area (Å²) < 4.78 is 37.2. The Labute approximate surface area is 255 Å². The number of carbonyl (C=O) groups is 3. The number of alkyl carbamates (subject to hydrolysis) is 1. The molecule has 0 aromatic heterocycles. The highest BCUT2D eigenvalue weighted by Gasteiger charge is 2.45. The number of carboxylic acids is 1. The number of hydrogen-bond acceptors (Lipinski definition) is 13. The predicted molar refractivity (Wildman–Crippen MR) is 151 cm³/mol. The second-order valence-corrected chi connectivity index (χ2v) is 8.97. The number of ether oxygens (including phenoxy) is 7. The monoisotopic (exact) mass is 633 g/mol. The summed E-state index contributed by atoms with van der Waals surface area (Å²) in [6.45, 7) is 2.64. The van der Waals surface area contributed by atoms with Crippen LogP contribution >= 0.6 is 0 Å². The van der Waals surface area contributed by atoms with Gasteiger partial charge in [0.05, 0.1) is 71.5 Å². The van der Waals surface area contributed by atoms with E-state index >= 15 is 0 Å². The summed E-state index contributed by atoms with van der Waals surface area (Å²) in [5.41, 5.74) is 5.41. The van der Waals surface area contributed by atoms with Gasteiger partial charge in [-0.1, -0.05) is 5.92 Å². The van der Waals surface area contributed by atoms with Gasteiger partial charge in [-0.25, -0.2) is 9.59 Å². The number of guanidine groups is 1. The van der Waals surface area contributed by atoms with Gasteiger partial charge in [-0.05, 0) is 6.08 Å². The molecule has 18 heteroatoms. The molecule has 2 amide bonds. The highest BCUT2D eigenvalue weighted by atomic mass is 16.6. The van der Waals surface area contributed by atoms with Gasteiger partial charge < -0.3 is 70.2 Å². The Hall–Kier alpha value is -3.70. The summed E-state index contributed by atoms with van der Waals surface area (Å²) in [5, 5.41) is 44.6. The van der Waals surface area contributed by atoms with E-state index in [2.05, 4.69) is 21.9 Å². The summed E-state index contributed by atoms with van der Waals surface area (Å²) in [7, 11) is 0. The third kappa shape index (κ3) is 16.2. The molecule has 0 saturated heterocycles. The molecule has 0 bridgehead atoms. The van der Waals surface area contributed by atoms with E-state index in [9.17, 15) is 29.7 Å². The number of hydrogen-bond donors (Lipinski definition) is 8. The van der Waals surface area contributed by atoms with Crippen molar-refractivity contribution >= 4 is 23.9 Å². The second-order valence-electron chi connectivity index (χ2n) is 8.97. The van der Waals surface area contributed by atoms with Crippen molar-refractivity contribution in [3.8, 4) is 12.3 Å². The average molecular weight is 634 g/mol. The molecule has 9 N–H and O–H groups in total. The van der Waals surface area contributed by atoms with Gasteiger partial charge in [0, 0.05) is 13.5 Å². The molecule has 18 nitrogen and oxygen atoms in total. The largest absolute Gasteiger partial charge is 0.478 e. The molecule has 0 aromatic carbocycles. The van der Waals surface area contributed by atoms with E-state index in [1.54, 1.807) is 0 Å². The Kier molecular flexibility index (Phi) is 19.8. The van der Waals surface area contributed by atoms with Crippen molar-refractivity contribution in [3.63, 3.8) is 0 Å². The number of carboxylic acid groups (broad SMARTS) is 1. The van der Waals surface area contributed by atoms with Crippen molar-refractivity contribution in [3.05, 3.63) is 11.8 Å². The normalized spacial score (nSPS) is 19.0. The maximum Gasteiger partial charge on any atom is 0.407 e. The van der Waals surface area contributed by atoms with E-state index in [-0.39, 0.29) is 33.0 Å². The lowest BCUT2D eigenvalue weighted by Gasteiger charge is -2.41. The van der Waals surface area contributed by atoms with Crippen LogP contribution in [0.25, 0.3) is 0 Å². The molecule has 44 heavy (non-hydrogen) atoms. The van der Waals surface area contributed by atoms with E-state index in [4.69, 9.17) is 50.7 Å². The number of aliphatic hydroxyl groups is 2. The fourth-order valence-electron chi connectivity index (χ4n) is 3.76. The topological polar surface area (TPSA) is 262 Å². The van der Waals surface area contributed by atoms with Crippen molar-refractivity contribution in [1.29, 1.82) is 5.41 Å². The summed E-state index contributed by atoms with van der Waals surface area (Å²) in [6.07, 6.45) is 1.02. The van der Waals surface area contributed by atoms with Gasteiger partial charge in [0.1, 0.15) is 25.4 Å². The zero-order valence-corrected chi connectivity index (χ0v) is 24.5. The van der Waals surface area contributed by atoms with E-state index in [0.717, 1.165) is 6.08 Å². The molecule has 0 unspecified atom stereocenters. The Balaban J connectivity index is 2.44. The Morgan fingerprint density at radius 1 is 1.05 bits per heavy atom. The van der Waals surface area contributed by atoms with Gasteiger partial charge in [-0.15, -0.1) is 6.42 Å². The molecule has 250 valence electrons. The van der Waals surface area contributed by atoms with Crippen LogP contribution in [0.3, 0.4) is 0 Å². The van der Waals surface area contributed by atoms with E-state index < -0.39 is 66.7 Å². The molecule has 0 aliphatic carbocycles. The molecule has 0 saturated carbocycles. The fraction of sp³-hybridized carbons (Fsp3) is 0.692. The third-order valence-corrected chi connectivity index (χ3v) is 5.57. The quantitative estimate of drug-likeness (QED) is 0.0239. The molecule has 5 atom stereocenters. The Bertz CT molecular complexity index is 961. The van der Waals surface area contributed by atoms with Crippen molar-refractivity contribution in [1.82, 2.24) is 16.0 Å². The molecule has 1 heterocycles. The fourth-order valence-corrected chi connectivity index (χ4v) is 3.76. The first-order valence-electron chi connectivity index (χ1n) is 13.7. The number of carbonyl (C=O) groups excluding carboxylic acids is 2. The highest BCUT2D eigenvalue weighted by molar-refractivity contribution is 5.85. The van der Waals surface area contributed by atoms with E-state index in [0.29, 0.717) is 39.6 Å². The van der Waals surface area contributed by atoms with Crippen molar-refractivity contribution < 1.29 is 62.9 Å². The van der Waals surface area contributed by atoms with Crippen LogP contribution in [0.5, 0.6) is 0 Å². The van der Waals surface area contributed by atoms with E-state index in [1.807, 2.05) is 0 Å². The lowest BCUT2D eigenvalue weighted by atomic mass is 9.91. The van der Waals surface area contributed by atoms with Crippen LogP contribution in [0, 0.1) is 17.8 Å². The smallest absolute Gasteiger partial charge is 0.407 e. The SMILES string of the molecule is C#CCOCCOCCOCCOCCNC(=O)OCCO[C@@H]([C@@H]1OC(C(=O)O)=C[C@H](NC(=N)N)[C@H]1NC(C)=O)[C@H](O)CO. The zero-order valence-electron chi connectivity index (χ0n) is 24.5. The molecule has 0 spiro atoms. The van der Waals surface area contributed by atoms with Gasteiger partial charge >= 0.3 is 12.1 Å². The Morgan fingerprint density at radius 3 is 2.20 bits per heavy atom. The maximum absolute atomic E-state index is 12.0. The Morgan fingerprint density at radius 2 is 1.66 bits per heavy atom. The summed E-state index contributed by atoms with van der Waals surface area (Å²) in [5.74, 6) is -0.738. The molecule has 1 aliphatic heterocycles. The van der Waals surface area contributed by atoms with Gasteiger partial charge in [0.2, 0.25) is 11.7 Å². The van der Waals surface area contributed by atoms with Gasteiger partial charge in [0.25, 0.3) is 0 Å². The standard InChI is InChI=1S/C26H43N5O13/c1-3-5-38-7-9-40-11-12-41-10-8-39-6-4-29-26(37)43-14-13-42-22(19(34)16-32)23-21(30-17(2)33)18(31-25(27)28)15-20(44-23)24(35)36/h1,15,18-19,21-23,32,34H,4-14,16H2,2H3,(H,29,37)(H,30,33)(H,35,36)(H4,27,28,31)/t18-,19+,21+,22+,23+/m0/s1. The number of nitrogens with two attached hydrogens (primary N) is 1. The second kappa shape index (κ2) is 22.8. The first-order chi connectivity index (χ1) is 21.1. The average Bonchev–Trinajstić information content (AvgIpc) is 2.97. The molecule has 0 aromatic rings. The molecule has 0 radical (unpaired) electrons. The summed E-state index contributed by atoms with van der Waals surface area (Å²) in [6, 6.07) is -2.13. The first kappa shape index (κ1) is 38.3. The molecular formula is C26H43N5O13. The molecule has 0 fully saturated rings. The van der Waals surface area contributed by atoms with Crippen LogP contribution in [-0.4, -0.2) is 149 Å². The highest BCUT2D eigenvalue weighted by Crippen LogP contribution is 2.25. The maximum atomic E-state index is 12.0. The minimum Gasteiger partial charge on any atom is -0.478 e. The number of rotatable bonds is 23. The zero-order chi connectivity index (χ0) is 32.7. The number of aliphatic carboxylic acids is 1. The molecule has 1 aliphatic rings. The van der Waals surface area contributed by atoms with Crippen LogP contribution in [0.4, 0.5) is 4.79 Å². The number of terminal acetylenes is 1.